The molecule has 1 N–H and O–H groups in total. The topological polar surface area (TPSA) is 86.8 Å². The van der Waals surface area contributed by atoms with Crippen LogP contribution in [0.4, 0.5) is 0 Å². The molecule has 3 aromatic carbocycles. The van der Waals surface area contributed by atoms with Crippen LogP contribution >= 0.6 is 23.2 Å². The van der Waals surface area contributed by atoms with Gasteiger partial charge in [0.2, 0.25) is 21.8 Å². The fraction of sp³-hybridized carbons (Fsp3) is 0.379. The van der Waals surface area contributed by atoms with Crippen LogP contribution in [0.5, 0.6) is 0 Å². The number of likely N-dealkylation sites (N-methyl/N-ethyl adjacent to an activating group) is 1. The number of hydrogen-bond donors (Lipinski definition) is 1. The van der Waals surface area contributed by atoms with Gasteiger partial charge in [-0.15, -0.1) is 0 Å². The van der Waals surface area contributed by atoms with Crippen molar-refractivity contribution in [2.24, 2.45) is 0 Å². The summed E-state index contributed by atoms with van der Waals surface area (Å²) in [5, 5.41) is 5.60. The lowest BCUT2D eigenvalue weighted by Gasteiger charge is -2.33. The van der Waals surface area contributed by atoms with Crippen LogP contribution < -0.4 is 5.32 Å². The SMILES string of the molecule is CCC(C(=O)NC1CCCC1)N(Cc1ccc(Cl)cc1Cl)C(=O)CN(C)S(=O)(=O)c1ccc2ccccc2c1. The van der Waals surface area contributed by atoms with E-state index in [0.717, 1.165) is 40.8 Å². The summed E-state index contributed by atoms with van der Waals surface area (Å²) < 4.78 is 27.9. The van der Waals surface area contributed by atoms with Crippen LogP contribution in [0.25, 0.3) is 10.8 Å². The highest BCUT2D eigenvalue weighted by Crippen LogP contribution is 2.26. The summed E-state index contributed by atoms with van der Waals surface area (Å²) in [6.45, 7) is 1.43. The summed E-state index contributed by atoms with van der Waals surface area (Å²) in [4.78, 5) is 28.6. The van der Waals surface area contributed by atoms with Gasteiger partial charge in [-0.2, -0.15) is 4.31 Å². The van der Waals surface area contributed by atoms with Crippen LogP contribution in [0, 0.1) is 0 Å². The van der Waals surface area contributed by atoms with Gasteiger partial charge in [0.1, 0.15) is 6.04 Å². The molecule has 3 aromatic rings. The molecule has 2 amide bonds. The Hall–Kier alpha value is -2.65. The van der Waals surface area contributed by atoms with Crippen LogP contribution in [0.1, 0.15) is 44.6 Å². The molecule has 1 atom stereocenters. The van der Waals surface area contributed by atoms with E-state index in [1.807, 2.05) is 31.2 Å². The highest BCUT2D eigenvalue weighted by atomic mass is 35.5. The summed E-state index contributed by atoms with van der Waals surface area (Å²) in [5.41, 5.74) is 0.613. The van der Waals surface area contributed by atoms with E-state index >= 15 is 0 Å². The predicted molar refractivity (Wildman–Crippen MR) is 155 cm³/mol. The van der Waals surface area contributed by atoms with Gasteiger partial charge >= 0.3 is 0 Å². The van der Waals surface area contributed by atoms with Gasteiger partial charge in [-0.1, -0.05) is 79.4 Å². The van der Waals surface area contributed by atoms with Gasteiger partial charge in [0.15, 0.2) is 0 Å². The number of carbonyl (C=O) groups is 2. The maximum atomic E-state index is 13.7. The van der Waals surface area contributed by atoms with Crippen molar-refractivity contribution in [1.82, 2.24) is 14.5 Å². The zero-order valence-corrected chi connectivity index (χ0v) is 24.4. The van der Waals surface area contributed by atoms with E-state index in [9.17, 15) is 18.0 Å². The summed E-state index contributed by atoms with van der Waals surface area (Å²) in [5.74, 6) is -0.746. The van der Waals surface area contributed by atoms with Gasteiger partial charge in [0.05, 0.1) is 11.4 Å². The molecule has 1 unspecified atom stereocenters. The van der Waals surface area contributed by atoms with Crippen molar-refractivity contribution in [3.05, 3.63) is 76.3 Å². The molecule has 0 saturated heterocycles. The largest absolute Gasteiger partial charge is 0.352 e. The Morgan fingerprint density at radius 1 is 1.00 bits per heavy atom. The molecule has 0 radical (unpaired) electrons. The van der Waals surface area contributed by atoms with E-state index in [1.165, 1.54) is 18.0 Å². The lowest BCUT2D eigenvalue weighted by atomic mass is 10.1. The van der Waals surface area contributed by atoms with Crippen molar-refractivity contribution in [2.75, 3.05) is 13.6 Å². The Bertz CT molecular complexity index is 1460. The fourth-order valence-corrected chi connectivity index (χ4v) is 6.62. The molecular weight excluding hydrogens is 557 g/mol. The number of rotatable bonds is 10. The Morgan fingerprint density at radius 3 is 2.36 bits per heavy atom. The van der Waals surface area contributed by atoms with Crippen LogP contribution in [-0.2, 0) is 26.2 Å². The van der Waals surface area contributed by atoms with E-state index in [0.29, 0.717) is 22.0 Å². The number of benzene rings is 3. The average molecular weight is 591 g/mol. The smallest absolute Gasteiger partial charge is 0.243 e. The number of nitrogens with zero attached hydrogens (tertiary/aromatic N) is 2. The normalized spacial score (nSPS) is 15.0. The van der Waals surface area contributed by atoms with Gasteiger partial charge in [0, 0.05) is 29.7 Å². The summed E-state index contributed by atoms with van der Waals surface area (Å²) >= 11 is 12.5. The molecule has 1 aliphatic rings. The molecule has 1 saturated carbocycles. The first-order chi connectivity index (χ1) is 18.6. The fourth-order valence-electron chi connectivity index (χ4n) is 4.99. The van der Waals surface area contributed by atoms with Crippen LogP contribution in [0.15, 0.2) is 65.6 Å². The molecule has 1 fully saturated rings. The van der Waals surface area contributed by atoms with Crippen LogP contribution in [0.2, 0.25) is 10.0 Å². The van der Waals surface area contributed by atoms with E-state index in [1.54, 1.807) is 30.3 Å². The number of sulfonamides is 1. The quantitative estimate of drug-likeness (QED) is 0.332. The highest BCUT2D eigenvalue weighted by Gasteiger charge is 2.33. The third kappa shape index (κ3) is 6.92. The van der Waals surface area contributed by atoms with Gasteiger partial charge in [-0.3, -0.25) is 9.59 Å². The van der Waals surface area contributed by atoms with Crippen molar-refractivity contribution in [2.45, 2.75) is 62.6 Å². The maximum absolute atomic E-state index is 13.7. The first-order valence-corrected chi connectivity index (χ1v) is 15.3. The Labute approximate surface area is 240 Å². The second kappa shape index (κ2) is 12.7. The minimum Gasteiger partial charge on any atom is -0.352 e. The van der Waals surface area contributed by atoms with Gasteiger partial charge < -0.3 is 10.2 Å². The van der Waals surface area contributed by atoms with Gasteiger partial charge in [0.25, 0.3) is 0 Å². The average Bonchev–Trinajstić information content (AvgIpc) is 3.42. The molecule has 0 aliphatic heterocycles. The molecule has 7 nitrogen and oxygen atoms in total. The molecule has 0 bridgehead atoms. The first kappa shape index (κ1) is 29.3. The number of fused-ring (bicyclic) bond motifs is 1. The lowest BCUT2D eigenvalue weighted by molar-refractivity contribution is -0.141. The molecule has 208 valence electrons. The second-order valence-corrected chi connectivity index (χ2v) is 12.8. The van der Waals surface area contributed by atoms with Crippen molar-refractivity contribution in [3.63, 3.8) is 0 Å². The summed E-state index contributed by atoms with van der Waals surface area (Å²) in [6, 6.07) is 16.6. The van der Waals surface area contributed by atoms with Gasteiger partial charge in [-0.05, 0) is 59.9 Å². The highest BCUT2D eigenvalue weighted by molar-refractivity contribution is 7.89. The second-order valence-electron chi connectivity index (χ2n) is 9.94. The lowest BCUT2D eigenvalue weighted by Crippen LogP contribution is -2.53. The molecule has 0 aromatic heterocycles. The van der Waals surface area contributed by atoms with Crippen LogP contribution in [-0.4, -0.2) is 55.1 Å². The molecule has 1 aliphatic carbocycles. The number of amides is 2. The third-order valence-corrected chi connectivity index (χ3v) is 9.62. The Kier molecular flexibility index (Phi) is 9.54. The number of hydrogen-bond acceptors (Lipinski definition) is 4. The molecule has 0 heterocycles. The van der Waals surface area contributed by atoms with E-state index in [-0.39, 0.29) is 23.4 Å². The molecule has 39 heavy (non-hydrogen) atoms. The van der Waals surface area contributed by atoms with E-state index in [2.05, 4.69) is 5.32 Å². The number of halogens is 2. The first-order valence-electron chi connectivity index (χ1n) is 13.1. The van der Waals surface area contributed by atoms with E-state index < -0.39 is 28.5 Å². The maximum Gasteiger partial charge on any atom is 0.243 e. The zero-order chi connectivity index (χ0) is 28.2. The number of nitrogens with one attached hydrogen (secondary N) is 1. The van der Waals surface area contributed by atoms with Crippen molar-refractivity contribution >= 4 is 55.8 Å². The summed E-state index contributed by atoms with van der Waals surface area (Å²) in [7, 11) is -2.60. The van der Waals surface area contributed by atoms with Gasteiger partial charge in [-0.25, -0.2) is 8.42 Å². The summed E-state index contributed by atoms with van der Waals surface area (Å²) in [6.07, 6.45) is 4.29. The standard InChI is InChI=1S/C29H33Cl2N3O4S/c1-3-27(29(36)32-24-10-6-7-11-24)34(18-22-12-14-23(30)17-26(22)31)28(35)19-33(2)39(37,38)25-15-13-20-8-4-5-9-21(20)16-25/h4-5,8-9,12-17,24,27H,3,6-7,10-11,18-19H2,1-2H3,(H,32,36). The number of carbonyl (C=O) groups excluding carboxylic acids is 2. The van der Waals surface area contributed by atoms with Crippen molar-refractivity contribution < 1.29 is 18.0 Å². The Morgan fingerprint density at radius 2 is 1.69 bits per heavy atom. The third-order valence-electron chi connectivity index (χ3n) is 7.23. The molecule has 0 spiro atoms. The monoisotopic (exact) mass is 589 g/mol. The van der Waals surface area contributed by atoms with Crippen LogP contribution in [0.3, 0.4) is 0 Å². The van der Waals surface area contributed by atoms with Crippen molar-refractivity contribution in [3.8, 4) is 0 Å². The van der Waals surface area contributed by atoms with E-state index in [4.69, 9.17) is 23.2 Å². The predicted octanol–water partition coefficient (Wildman–Crippen LogP) is 5.63. The molecular formula is C29H33Cl2N3O4S. The minimum atomic E-state index is -3.98. The van der Waals surface area contributed by atoms with Crippen molar-refractivity contribution in [1.29, 1.82) is 0 Å². The Balaban J connectivity index is 1.59. The minimum absolute atomic E-state index is 0.0370. The zero-order valence-electron chi connectivity index (χ0n) is 22.1. The molecule has 10 heteroatoms. The molecule has 4 rings (SSSR count).